The Morgan fingerprint density at radius 1 is 1.06 bits per heavy atom. The van der Waals surface area contributed by atoms with Gasteiger partial charge >= 0.3 is 12.1 Å². The lowest BCUT2D eigenvalue weighted by molar-refractivity contribution is -0.140. The summed E-state index contributed by atoms with van der Waals surface area (Å²) in [5, 5.41) is 20.0. The molecule has 252 valence electrons. The Morgan fingerprint density at radius 3 is 2.38 bits per heavy atom. The second-order valence-corrected chi connectivity index (χ2v) is 15.0. The van der Waals surface area contributed by atoms with Crippen LogP contribution in [0.5, 0.6) is 17.2 Å². The number of aliphatic carboxylic acids is 1. The van der Waals surface area contributed by atoms with Gasteiger partial charge in [0.15, 0.2) is 9.84 Å². The molecule has 13 heteroatoms. The van der Waals surface area contributed by atoms with Crippen LogP contribution in [-0.4, -0.2) is 54.9 Å². The molecule has 8 nitrogen and oxygen atoms in total. The van der Waals surface area contributed by atoms with E-state index in [1.54, 1.807) is 44.2 Å². The lowest BCUT2D eigenvalue weighted by atomic mass is 9.88. The Labute approximate surface area is 269 Å². The van der Waals surface area contributed by atoms with Crippen molar-refractivity contribution in [3.05, 3.63) is 75.6 Å². The van der Waals surface area contributed by atoms with Gasteiger partial charge in [-0.2, -0.15) is 13.2 Å². The second-order valence-electron chi connectivity index (χ2n) is 12.7. The molecule has 2 unspecified atom stereocenters. The highest BCUT2D eigenvalue weighted by Crippen LogP contribution is 2.48. The van der Waals surface area contributed by atoms with Crippen LogP contribution in [0, 0.1) is 19.7 Å². The largest absolute Gasteiger partial charge is 0.492 e. The summed E-state index contributed by atoms with van der Waals surface area (Å²) in [5.74, 6) is -1.91. The van der Waals surface area contributed by atoms with E-state index in [4.69, 9.17) is 19.3 Å². The van der Waals surface area contributed by atoms with Crippen LogP contribution >= 0.6 is 0 Å². The Kier molecular flexibility index (Phi) is 8.44. The third-order valence-corrected chi connectivity index (χ3v) is 11.0. The average molecular weight is 679 g/mol. The van der Waals surface area contributed by atoms with E-state index in [-0.39, 0.29) is 79.6 Å². The van der Waals surface area contributed by atoms with Crippen LogP contribution in [0.2, 0.25) is 0 Å². The van der Waals surface area contributed by atoms with Gasteiger partial charge in [-0.1, -0.05) is 6.07 Å². The fourth-order valence-corrected chi connectivity index (χ4v) is 8.46. The van der Waals surface area contributed by atoms with Gasteiger partial charge in [-0.25, -0.2) is 12.8 Å². The highest BCUT2D eigenvalue weighted by atomic mass is 32.2. The number of aliphatic hydroxyl groups is 1. The van der Waals surface area contributed by atoms with E-state index in [1.165, 1.54) is 0 Å². The number of rotatable bonds is 8. The summed E-state index contributed by atoms with van der Waals surface area (Å²) in [4.78, 5) is 11.2. The Hall–Kier alpha value is -3.84. The van der Waals surface area contributed by atoms with E-state index in [0.717, 1.165) is 6.07 Å². The molecule has 2 aliphatic heterocycles. The van der Waals surface area contributed by atoms with E-state index >= 15 is 4.39 Å². The number of alkyl halides is 3. The minimum atomic E-state index is -4.98. The molecule has 2 atom stereocenters. The van der Waals surface area contributed by atoms with Gasteiger partial charge < -0.3 is 24.4 Å². The lowest BCUT2D eigenvalue weighted by Crippen LogP contribution is -2.43. The first-order chi connectivity index (χ1) is 22.0. The smallest absolute Gasteiger partial charge is 0.419 e. The molecule has 0 saturated carbocycles. The molecule has 6 rings (SSSR count). The summed E-state index contributed by atoms with van der Waals surface area (Å²) < 4.78 is 99.7. The maximum absolute atomic E-state index is 15.8. The number of sulfone groups is 1. The van der Waals surface area contributed by atoms with Crippen LogP contribution in [0.15, 0.2) is 36.4 Å². The Bertz CT molecular complexity index is 1820. The van der Waals surface area contributed by atoms with Crippen molar-refractivity contribution in [1.82, 2.24) is 0 Å². The molecule has 0 radical (unpaired) electrons. The molecule has 3 aliphatic rings. The SMILES string of the molecule is Cc1cc(OCC2(O)CCS(=O)(=O)CC2)cc(C)c1-c1cc(C(F)(F)F)c(F)c2c1CCC2Oc1ccc2c(c1)OCC2CC(=O)O. The van der Waals surface area contributed by atoms with Crippen LogP contribution in [0.1, 0.15) is 71.1 Å². The lowest BCUT2D eigenvalue weighted by Gasteiger charge is -2.31. The molecular formula is C34H34F4O8S. The summed E-state index contributed by atoms with van der Waals surface area (Å²) >= 11 is 0. The molecule has 1 saturated heterocycles. The zero-order valence-electron chi connectivity index (χ0n) is 25.7. The highest BCUT2D eigenvalue weighted by molar-refractivity contribution is 7.91. The fourth-order valence-electron chi connectivity index (χ4n) is 6.88. The molecule has 1 fully saturated rings. The molecule has 2 N–H and O–H groups in total. The van der Waals surface area contributed by atoms with Crippen LogP contribution in [0.25, 0.3) is 11.1 Å². The van der Waals surface area contributed by atoms with E-state index in [1.807, 2.05) is 0 Å². The second kappa shape index (κ2) is 12.0. The first-order valence-electron chi connectivity index (χ1n) is 15.3. The van der Waals surface area contributed by atoms with E-state index in [0.29, 0.717) is 39.3 Å². The molecular weight excluding hydrogens is 644 g/mol. The van der Waals surface area contributed by atoms with Gasteiger partial charge in [0, 0.05) is 23.1 Å². The van der Waals surface area contributed by atoms with Gasteiger partial charge in [-0.3, -0.25) is 4.79 Å². The van der Waals surface area contributed by atoms with Crippen molar-refractivity contribution in [1.29, 1.82) is 0 Å². The van der Waals surface area contributed by atoms with Gasteiger partial charge in [-0.05, 0) is 91.6 Å². The number of fused-ring (bicyclic) bond motifs is 2. The van der Waals surface area contributed by atoms with Crippen molar-refractivity contribution in [2.45, 2.75) is 69.8 Å². The van der Waals surface area contributed by atoms with Gasteiger partial charge in [0.1, 0.15) is 41.4 Å². The van der Waals surface area contributed by atoms with E-state index < -0.39 is 45.1 Å². The number of hydrogen-bond acceptors (Lipinski definition) is 7. The highest BCUT2D eigenvalue weighted by Gasteiger charge is 2.41. The van der Waals surface area contributed by atoms with E-state index in [2.05, 4.69) is 0 Å². The zero-order valence-corrected chi connectivity index (χ0v) is 26.6. The normalized spacial score (nSPS) is 21.1. The summed E-state index contributed by atoms with van der Waals surface area (Å²) in [7, 11) is -3.19. The first-order valence-corrected chi connectivity index (χ1v) is 17.1. The van der Waals surface area contributed by atoms with Crippen molar-refractivity contribution < 1.29 is 55.2 Å². The molecule has 0 aromatic heterocycles. The number of halogens is 4. The van der Waals surface area contributed by atoms with Gasteiger partial charge in [0.25, 0.3) is 0 Å². The number of aryl methyl sites for hydroxylation is 2. The molecule has 3 aromatic rings. The molecule has 0 amide bonds. The predicted octanol–water partition coefficient (Wildman–Crippen LogP) is 6.46. The van der Waals surface area contributed by atoms with Crippen LogP contribution in [-0.2, 0) is 27.2 Å². The zero-order chi connectivity index (χ0) is 33.9. The fraction of sp³-hybridized carbons (Fsp3) is 0.441. The summed E-state index contributed by atoms with van der Waals surface area (Å²) in [6, 6.07) is 8.93. The molecule has 1 aliphatic carbocycles. The standard InChI is InChI=1S/C34H34F4O8S/c1-18-11-22(45-17-33(41)7-9-47(42,43)10-8-33)12-19(2)30(18)25-15-26(34(36,37)38)32(35)31-24(25)5-6-27(31)46-21-3-4-23-20(13-29(39)40)16-44-28(23)14-21/h3-4,11-12,14-15,20,27,41H,5-10,13,16-17H2,1-2H3,(H,39,40). The number of ether oxygens (including phenoxy) is 3. The van der Waals surface area contributed by atoms with Crippen molar-refractivity contribution in [3.63, 3.8) is 0 Å². The third kappa shape index (κ3) is 6.64. The van der Waals surface area contributed by atoms with Crippen LogP contribution in [0.3, 0.4) is 0 Å². The summed E-state index contributed by atoms with van der Waals surface area (Å²) in [6.07, 6.45) is -5.52. The molecule has 3 aromatic carbocycles. The van der Waals surface area contributed by atoms with Crippen molar-refractivity contribution in [2.75, 3.05) is 24.7 Å². The Balaban J connectivity index is 1.31. The van der Waals surface area contributed by atoms with Crippen LogP contribution < -0.4 is 14.2 Å². The number of hydrogen-bond donors (Lipinski definition) is 2. The number of carboxylic acid groups (broad SMARTS) is 1. The average Bonchev–Trinajstić information content (AvgIpc) is 3.58. The van der Waals surface area contributed by atoms with Gasteiger partial charge in [0.2, 0.25) is 0 Å². The monoisotopic (exact) mass is 678 g/mol. The summed E-state index contributed by atoms with van der Waals surface area (Å²) in [6.45, 7) is 3.46. The topological polar surface area (TPSA) is 119 Å². The molecule has 0 bridgehead atoms. The van der Waals surface area contributed by atoms with Crippen molar-refractivity contribution in [3.8, 4) is 28.4 Å². The molecule has 2 heterocycles. The first kappa shape index (κ1) is 33.1. The molecule has 0 spiro atoms. The van der Waals surface area contributed by atoms with E-state index in [9.17, 15) is 31.5 Å². The maximum atomic E-state index is 15.8. The van der Waals surface area contributed by atoms with Gasteiger partial charge in [-0.15, -0.1) is 0 Å². The molecule has 47 heavy (non-hydrogen) atoms. The number of benzene rings is 3. The number of carbonyl (C=O) groups is 1. The third-order valence-electron chi connectivity index (χ3n) is 9.30. The van der Waals surface area contributed by atoms with Crippen molar-refractivity contribution in [2.24, 2.45) is 0 Å². The Morgan fingerprint density at radius 2 is 1.74 bits per heavy atom. The minimum Gasteiger partial charge on any atom is -0.492 e. The minimum absolute atomic E-state index is 0.0419. The van der Waals surface area contributed by atoms with Crippen LogP contribution in [0.4, 0.5) is 17.6 Å². The van der Waals surface area contributed by atoms with Gasteiger partial charge in [0.05, 0.1) is 30.1 Å². The predicted molar refractivity (Wildman–Crippen MR) is 163 cm³/mol. The summed E-state index contributed by atoms with van der Waals surface area (Å²) in [5.41, 5.74) is 0.135. The number of carboxylic acids is 1. The maximum Gasteiger partial charge on any atom is 0.419 e. The quantitative estimate of drug-likeness (QED) is 0.261. The van der Waals surface area contributed by atoms with Crippen molar-refractivity contribution >= 4 is 15.8 Å².